The first-order chi connectivity index (χ1) is 6.84. The molecule has 1 aromatic rings. The van der Waals surface area contributed by atoms with Gasteiger partial charge in [0, 0.05) is 6.61 Å². The summed E-state index contributed by atoms with van der Waals surface area (Å²) >= 11 is 0. The van der Waals surface area contributed by atoms with Gasteiger partial charge >= 0.3 is 0 Å². The van der Waals surface area contributed by atoms with E-state index >= 15 is 0 Å². The molecule has 1 atom stereocenters. The number of hydrogen-bond acceptors (Lipinski definition) is 3. The third kappa shape index (κ3) is 2.42. The summed E-state index contributed by atoms with van der Waals surface area (Å²) in [6, 6.07) is 2.85. The van der Waals surface area contributed by atoms with Crippen LogP contribution >= 0.6 is 0 Å². The highest BCUT2D eigenvalue weighted by atomic mass is 19.1. The third-order valence-corrected chi connectivity index (χ3v) is 2.16. The minimum atomic E-state index is -0.491. The van der Waals surface area contributed by atoms with Gasteiger partial charge in [-0.15, -0.1) is 0 Å². The second-order valence-corrected chi connectivity index (χ2v) is 3.26. The number of aromatic nitrogens is 1. The van der Waals surface area contributed by atoms with E-state index in [1.165, 1.54) is 12.3 Å². The van der Waals surface area contributed by atoms with Crippen molar-refractivity contribution in [3.8, 4) is 5.75 Å². The zero-order valence-electron chi connectivity index (χ0n) is 7.78. The van der Waals surface area contributed by atoms with Crippen LogP contribution in [-0.2, 0) is 4.74 Å². The number of pyridine rings is 1. The first-order valence-corrected chi connectivity index (χ1v) is 4.70. The number of ether oxygens (including phenoxy) is 2. The quantitative estimate of drug-likeness (QED) is 0.692. The van der Waals surface area contributed by atoms with E-state index in [1.807, 2.05) is 0 Å². The van der Waals surface area contributed by atoms with Crippen LogP contribution in [0.1, 0.15) is 12.8 Å². The maximum atomic E-state index is 12.4. The molecule has 0 N–H and O–H groups in total. The van der Waals surface area contributed by atoms with Crippen molar-refractivity contribution in [2.75, 3.05) is 13.2 Å². The minimum Gasteiger partial charge on any atom is -0.489 e. The molecule has 2 rings (SSSR count). The van der Waals surface area contributed by atoms with Crippen molar-refractivity contribution in [3.63, 3.8) is 0 Å². The molecule has 1 saturated heterocycles. The maximum absolute atomic E-state index is 12.4. The molecule has 14 heavy (non-hydrogen) atoms. The number of halogens is 1. The van der Waals surface area contributed by atoms with Gasteiger partial charge in [0.25, 0.3) is 0 Å². The number of hydrogen-bond donors (Lipinski definition) is 0. The lowest BCUT2D eigenvalue weighted by molar-refractivity contribution is 0.0678. The Morgan fingerprint density at radius 1 is 1.57 bits per heavy atom. The average Bonchev–Trinajstić information content (AvgIpc) is 2.70. The molecule has 1 aliphatic rings. The SMILES string of the molecule is Fc1ccc(OCC2CCCO2)cn1. The lowest BCUT2D eigenvalue weighted by Crippen LogP contribution is -2.16. The molecule has 0 amide bonds. The van der Waals surface area contributed by atoms with Crippen molar-refractivity contribution in [2.24, 2.45) is 0 Å². The number of nitrogens with zero attached hydrogens (tertiary/aromatic N) is 1. The van der Waals surface area contributed by atoms with Crippen molar-refractivity contribution in [3.05, 3.63) is 24.3 Å². The number of rotatable bonds is 3. The summed E-state index contributed by atoms with van der Waals surface area (Å²) in [7, 11) is 0. The van der Waals surface area contributed by atoms with E-state index in [0.717, 1.165) is 19.4 Å². The summed E-state index contributed by atoms with van der Waals surface area (Å²) < 4.78 is 23.2. The van der Waals surface area contributed by atoms with Gasteiger partial charge in [0.2, 0.25) is 5.95 Å². The Morgan fingerprint density at radius 3 is 3.14 bits per heavy atom. The molecular weight excluding hydrogens is 185 g/mol. The van der Waals surface area contributed by atoms with Crippen molar-refractivity contribution in [1.82, 2.24) is 4.98 Å². The molecular formula is C10H12FNO2. The predicted molar refractivity (Wildman–Crippen MR) is 48.7 cm³/mol. The van der Waals surface area contributed by atoms with Gasteiger partial charge in [0.1, 0.15) is 12.4 Å². The predicted octanol–water partition coefficient (Wildman–Crippen LogP) is 1.78. The van der Waals surface area contributed by atoms with Crippen LogP contribution in [0.15, 0.2) is 18.3 Å². The molecule has 0 radical (unpaired) electrons. The third-order valence-electron chi connectivity index (χ3n) is 2.16. The van der Waals surface area contributed by atoms with Crippen LogP contribution in [-0.4, -0.2) is 24.3 Å². The lowest BCUT2D eigenvalue weighted by Gasteiger charge is -2.10. The summed E-state index contributed by atoms with van der Waals surface area (Å²) in [5.41, 5.74) is 0. The van der Waals surface area contributed by atoms with Gasteiger partial charge in [-0.3, -0.25) is 0 Å². The van der Waals surface area contributed by atoms with E-state index in [0.29, 0.717) is 12.4 Å². The van der Waals surface area contributed by atoms with E-state index in [1.54, 1.807) is 6.07 Å². The second-order valence-electron chi connectivity index (χ2n) is 3.26. The molecule has 1 fully saturated rings. The molecule has 1 unspecified atom stereocenters. The molecule has 0 bridgehead atoms. The average molecular weight is 197 g/mol. The Kier molecular flexibility index (Phi) is 2.93. The molecule has 0 aliphatic carbocycles. The first-order valence-electron chi connectivity index (χ1n) is 4.70. The second kappa shape index (κ2) is 4.37. The highest BCUT2D eigenvalue weighted by Gasteiger charge is 2.15. The van der Waals surface area contributed by atoms with E-state index in [2.05, 4.69) is 4.98 Å². The van der Waals surface area contributed by atoms with Crippen LogP contribution < -0.4 is 4.74 Å². The largest absolute Gasteiger partial charge is 0.489 e. The van der Waals surface area contributed by atoms with Crippen molar-refractivity contribution >= 4 is 0 Å². The normalized spacial score (nSPS) is 21.1. The molecule has 3 nitrogen and oxygen atoms in total. The molecule has 2 heterocycles. The standard InChI is InChI=1S/C10H12FNO2/c11-10-4-3-8(6-12-10)14-7-9-2-1-5-13-9/h3-4,6,9H,1-2,5,7H2. The Hall–Kier alpha value is -1.16. The summed E-state index contributed by atoms with van der Waals surface area (Å²) in [5, 5.41) is 0. The van der Waals surface area contributed by atoms with Gasteiger partial charge in [-0.05, 0) is 25.0 Å². The molecule has 76 valence electrons. The fraction of sp³-hybridized carbons (Fsp3) is 0.500. The van der Waals surface area contributed by atoms with Gasteiger partial charge < -0.3 is 9.47 Å². The highest BCUT2D eigenvalue weighted by Crippen LogP contribution is 2.14. The van der Waals surface area contributed by atoms with E-state index < -0.39 is 5.95 Å². The van der Waals surface area contributed by atoms with Gasteiger partial charge in [-0.2, -0.15) is 4.39 Å². The monoisotopic (exact) mass is 197 g/mol. The van der Waals surface area contributed by atoms with Gasteiger partial charge in [-0.1, -0.05) is 0 Å². The molecule has 0 spiro atoms. The van der Waals surface area contributed by atoms with Gasteiger partial charge in [0.15, 0.2) is 0 Å². The van der Waals surface area contributed by atoms with Crippen LogP contribution in [0.5, 0.6) is 5.75 Å². The van der Waals surface area contributed by atoms with Crippen LogP contribution in [0.4, 0.5) is 4.39 Å². The molecule has 0 aromatic carbocycles. The fourth-order valence-electron chi connectivity index (χ4n) is 1.41. The van der Waals surface area contributed by atoms with Crippen molar-refractivity contribution in [1.29, 1.82) is 0 Å². The molecule has 1 aromatic heterocycles. The minimum absolute atomic E-state index is 0.181. The van der Waals surface area contributed by atoms with Crippen molar-refractivity contribution < 1.29 is 13.9 Å². The summed E-state index contributed by atoms with van der Waals surface area (Å²) in [6.07, 6.45) is 3.69. The molecule has 0 saturated carbocycles. The van der Waals surface area contributed by atoms with Crippen molar-refractivity contribution in [2.45, 2.75) is 18.9 Å². The van der Waals surface area contributed by atoms with Gasteiger partial charge in [-0.25, -0.2) is 4.98 Å². The Labute approximate surface area is 81.9 Å². The van der Waals surface area contributed by atoms with Crippen LogP contribution in [0, 0.1) is 5.95 Å². The van der Waals surface area contributed by atoms with Crippen LogP contribution in [0.2, 0.25) is 0 Å². The Balaban J connectivity index is 1.82. The van der Waals surface area contributed by atoms with Crippen LogP contribution in [0.25, 0.3) is 0 Å². The fourth-order valence-corrected chi connectivity index (χ4v) is 1.41. The Morgan fingerprint density at radius 2 is 2.50 bits per heavy atom. The summed E-state index contributed by atoms with van der Waals surface area (Å²) in [4.78, 5) is 3.49. The topological polar surface area (TPSA) is 31.4 Å². The zero-order chi connectivity index (χ0) is 9.80. The molecule has 1 aliphatic heterocycles. The lowest BCUT2D eigenvalue weighted by atomic mass is 10.2. The first kappa shape index (κ1) is 9.40. The Bertz CT molecular complexity index is 283. The summed E-state index contributed by atoms with van der Waals surface area (Å²) in [6.45, 7) is 1.34. The zero-order valence-corrected chi connectivity index (χ0v) is 7.78. The summed E-state index contributed by atoms with van der Waals surface area (Å²) in [5.74, 6) is 0.0939. The smallest absolute Gasteiger partial charge is 0.213 e. The van der Waals surface area contributed by atoms with E-state index in [-0.39, 0.29) is 6.10 Å². The van der Waals surface area contributed by atoms with Crippen LogP contribution in [0.3, 0.4) is 0 Å². The van der Waals surface area contributed by atoms with Gasteiger partial charge in [0.05, 0.1) is 12.3 Å². The maximum Gasteiger partial charge on any atom is 0.213 e. The van der Waals surface area contributed by atoms with E-state index in [9.17, 15) is 4.39 Å². The highest BCUT2D eigenvalue weighted by molar-refractivity contribution is 5.16. The molecule has 4 heteroatoms. The van der Waals surface area contributed by atoms with E-state index in [4.69, 9.17) is 9.47 Å².